The van der Waals surface area contributed by atoms with E-state index in [2.05, 4.69) is 5.32 Å². The van der Waals surface area contributed by atoms with E-state index < -0.39 is 23.8 Å². The first-order valence-electron chi connectivity index (χ1n) is 9.57. The Hall–Kier alpha value is -4.34. The molecule has 0 spiro atoms. The maximum atomic E-state index is 13.0. The van der Waals surface area contributed by atoms with Crippen LogP contribution in [0.4, 0.5) is 10.5 Å². The fourth-order valence-corrected chi connectivity index (χ4v) is 2.94. The number of methoxy groups -OCH3 is 1. The predicted octanol–water partition coefficient (Wildman–Crippen LogP) is 1.62. The van der Waals surface area contributed by atoms with Gasteiger partial charge in [-0.1, -0.05) is 6.07 Å². The summed E-state index contributed by atoms with van der Waals surface area (Å²) in [6.45, 7) is 1.74. The van der Waals surface area contributed by atoms with Gasteiger partial charge >= 0.3 is 6.03 Å². The van der Waals surface area contributed by atoms with E-state index >= 15 is 0 Å². The molecule has 2 aromatic carbocycles. The molecule has 10 heteroatoms. The summed E-state index contributed by atoms with van der Waals surface area (Å²) in [5, 5.41) is 2.16. The van der Waals surface area contributed by atoms with Crippen LogP contribution in [-0.2, 0) is 14.4 Å². The number of hydrogen-bond donors (Lipinski definition) is 2. The molecule has 5 amide bonds. The van der Waals surface area contributed by atoms with Crippen LogP contribution in [0.15, 0.2) is 48.0 Å². The number of carbonyl (C=O) groups is 4. The molecular formula is C22H21N3O7. The van der Waals surface area contributed by atoms with E-state index in [0.717, 1.165) is 4.90 Å². The minimum absolute atomic E-state index is 0.242. The standard InChI is InChI=1S/C22H21N3O7/c1-3-31-18-11-13(4-9-17(18)32-12-19(23)26)10-16-20(27)24-22(29)25(21(16)28)14-5-7-15(30-2)8-6-14/h4-11H,3,12H2,1-2H3,(H2,23,26)(H,24,27,29)/b16-10+. The van der Waals surface area contributed by atoms with E-state index in [0.29, 0.717) is 23.7 Å². The average Bonchev–Trinajstić information content (AvgIpc) is 2.76. The van der Waals surface area contributed by atoms with Gasteiger partial charge in [-0.25, -0.2) is 9.69 Å². The number of nitrogens with one attached hydrogen (secondary N) is 1. The maximum Gasteiger partial charge on any atom is 0.335 e. The zero-order valence-electron chi connectivity index (χ0n) is 17.4. The molecule has 1 fully saturated rings. The van der Waals surface area contributed by atoms with Crippen LogP contribution in [0.3, 0.4) is 0 Å². The Kier molecular flexibility index (Phi) is 6.74. The van der Waals surface area contributed by atoms with Crippen LogP contribution in [0, 0.1) is 0 Å². The first-order chi connectivity index (χ1) is 15.3. The largest absolute Gasteiger partial charge is 0.497 e. The molecule has 0 aromatic heterocycles. The van der Waals surface area contributed by atoms with Crippen LogP contribution < -0.4 is 30.2 Å². The quantitative estimate of drug-likeness (QED) is 0.471. The molecule has 1 aliphatic rings. The summed E-state index contributed by atoms with van der Waals surface area (Å²) in [5.74, 6) is -1.12. The molecule has 32 heavy (non-hydrogen) atoms. The van der Waals surface area contributed by atoms with Gasteiger partial charge in [-0.15, -0.1) is 0 Å². The summed E-state index contributed by atoms with van der Waals surface area (Å²) in [6.07, 6.45) is 1.33. The molecule has 0 aliphatic carbocycles. The Morgan fingerprint density at radius 2 is 1.78 bits per heavy atom. The lowest BCUT2D eigenvalue weighted by atomic mass is 10.1. The number of carbonyl (C=O) groups excluding carboxylic acids is 4. The predicted molar refractivity (Wildman–Crippen MR) is 114 cm³/mol. The Morgan fingerprint density at radius 1 is 1.06 bits per heavy atom. The summed E-state index contributed by atoms with van der Waals surface area (Å²) in [5.41, 5.74) is 5.58. The van der Waals surface area contributed by atoms with Gasteiger partial charge in [0.2, 0.25) is 0 Å². The van der Waals surface area contributed by atoms with E-state index in [1.54, 1.807) is 31.2 Å². The number of ether oxygens (including phenoxy) is 3. The SMILES string of the molecule is CCOc1cc(/C=C2\C(=O)NC(=O)N(c3ccc(OC)cc3)C2=O)ccc1OCC(N)=O. The minimum Gasteiger partial charge on any atom is -0.497 e. The van der Waals surface area contributed by atoms with E-state index in [9.17, 15) is 19.2 Å². The maximum absolute atomic E-state index is 13.0. The Labute approximate surface area is 183 Å². The van der Waals surface area contributed by atoms with E-state index in [1.807, 2.05) is 0 Å². The number of hydrogen-bond acceptors (Lipinski definition) is 7. The van der Waals surface area contributed by atoms with Crippen molar-refractivity contribution in [2.24, 2.45) is 5.73 Å². The van der Waals surface area contributed by atoms with Crippen LogP contribution >= 0.6 is 0 Å². The Balaban J connectivity index is 1.94. The lowest BCUT2D eigenvalue weighted by molar-refractivity contribution is -0.123. The van der Waals surface area contributed by atoms with Gasteiger partial charge in [0, 0.05) is 0 Å². The van der Waals surface area contributed by atoms with Crippen LogP contribution in [-0.4, -0.2) is 44.1 Å². The second kappa shape index (κ2) is 9.65. The molecule has 1 aliphatic heterocycles. The van der Waals surface area contributed by atoms with Crippen molar-refractivity contribution in [1.29, 1.82) is 0 Å². The molecule has 0 bridgehead atoms. The second-order valence-electron chi connectivity index (χ2n) is 6.55. The molecular weight excluding hydrogens is 418 g/mol. The molecule has 0 atom stereocenters. The molecule has 10 nitrogen and oxygen atoms in total. The third kappa shape index (κ3) is 4.86. The summed E-state index contributed by atoms with van der Waals surface area (Å²) in [4.78, 5) is 49.5. The molecule has 0 unspecified atom stereocenters. The zero-order chi connectivity index (χ0) is 23.3. The molecule has 0 saturated carbocycles. The van der Waals surface area contributed by atoms with Crippen molar-refractivity contribution in [2.45, 2.75) is 6.92 Å². The highest BCUT2D eigenvalue weighted by molar-refractivity contribution is 6.39. The third-order valence-electron chi connectivity index (χ3n) is 4.38. The van der Waals surface area contributed by atoms with Crippen molar-refractivity contribution >= 4 is 35.5 Å². The topological polar surface area (TPSA) is 137 Å². The smallest absolute Gasteiger partial charge is 0.335 e. The van der Waals surface area contributed by atoms with Gasteiger partial charge in [-0.05, 0) is 55.0 Å². The van der Waals surface area contributed by atoms with E-state index in [-0.39, 0.29) is 23.6 Å². The van der Waals surface area contributed by atoms with Gasteiger partial charge in [0.25, 0.3) is 17.7 Å². The van der Waals surface area contributed by atoms with Crippen molar-refractivity contribution < 1.29 is 33.4 Å². The van der Waals surface area contributed by atoms with Gasteiger partial charge in [0.15, 0.2) is 18.1 Å². The minimum atomic E-state index is -0.854. The van der Waals surface area contributed by atoms with Gasteiger partial charge in [-0.2, -0.15) is 0 Å². The van der Waals surface area contributed by atoms with Crippen molar-refractivity contribution in [2.75, 3.05) is 25.2 Å². The highest BCUT2D eigenvalue weighted by Gasteiger charge is 2.36. The first kappa shape index (κ1) is 22.3. The number of nitrogens with two attached hydrogens (primary N) is 1. The molecule has 3 N–H and O–H groups in total. The van der Waals surface area contributed by atoms with Crippen molar-refractivity contribution in [1.82, 2.24) is 5.32 Å². The van der Waals surface area contributed by atoms with Crippen LogP contribution in [0.1, 0.15) is 12.5 Å². The van der Waals surface area contributed by atoms with Crippen molar-refractivity contribution in [3.63, 3.8) is 0 Å². The number of amides is 5. The number of barbiturate groups is 1. The highest BCUT2D eigenvalue weighted by atomic mass is 16.5. The van der Waals surface area contributed by atoms with Crippen LogP contribution in [0.2, 0.25) is 0 Å². The second-order valence-corrected chi connectivity index (χ2v) is 6.55. The monoisotopic (exact) mass is 439 g/mol. The molecule has 166 valence electrons. The number of nitrogens with zero attached hydrogens (tertiary/aromatic N) is 1. The molecule has 2 aromatic rings. The highest BCUT2D eigenvalue weighted by Crippen LogP contribution is 2.30. The molecule has 1 heterocycles. The number of anilines is 1. The first-order valence-corrected chi connectivity index (χ1v) is 9.57. The van der Waals surface area contributed by atoms with Crippen LogP contribution in [0.5, 0.6) is 17.2 Å². The van der Waals surface area contributed by atoms with Gasteiger partial charge in [0.1, 0.15) is 11.3 Å². The van der Waals surface area contributed by atoms with Crippen LogP contribution in [0.25, 0.3) is 6.08 Å². The normalized spacial score (nSPS) is 14.9. The molecule has 0 radical (unpaired) electrons. The fourth-order valence-electron chi connectivity index (χ4n) is 2.94. The fraction of sp³-hybridized carbons (Fsp3) is 0.182. The summed E-state index contributed by atoms with van der Waals surface area (Å²) in [6, 6.07) is 10.0. The number of benzene rings is 2. The lowest BCUT2D eigenvalue weighted by Crippen LogP contribution is -2.54. The number of primary amides is 1. The summed E-state index contributed by atoms with van der Waals surface area (Å²) in [7, 11) is 1.49. The van der Waals surface area contributed by atoms with E-state index in [4.69, 9.17) is 19.9 Å². The lowest BCUT2D eigenvalue weighted by Gasteiger charge is -2.26. The average molecular weight is 439 g/mol. The zero-order valence-corrected chi connectivity index (χ0v) is 17.4. The third-order valence-corrected chi connectivity index (χ3v) is 4.38. The van der Waals surface area contributed by atoms with E-state index in [1.165, 1.54) is 31.4 Å². The number of urea groups is 1. The van der Waals surface area contributed by atoms with Crippen molar-refractivity contribution in [3.05, 3.63) is 53.6 Å². The van der Waals surface area contributed by atoms with Gasteiger partial charge in [-0.3, -0.25) is 19.7 Å². The number of imide groups is 2. The summed E-state index contributed by atoms with van der Waals surface area (Å²) >= 11 is 0. The summed E-state index contributed by atoms with van der Waals surface area (Å²) < 4.78 is 15.9. The van der Waals surface area contributed by atoms with Crippen molar-refractivity contribution in [3.8, 4) is 17.2 Å². The van der Waals surface area contributed by atoms with Gasteiger partial charge in [0.05, 0.1) is 19.4 Å². The Bertz CT molecular complexity index is 1090. The molecule has 3 rings (SSSR count). The Morgan fingerprint density at radius 3 is 2.41 bits per heavy atom. The number of rotatable bonds is 8. The molecule has 1 saturated heterocycles. The van der Waals surface area contributed by atoms with Gasteiger partial charge < -0.3 is 19.9 Å².